The number of hydrogen-bond donors (Lipinski definition) is 1. The van der Waals surface area contributed by atoms with E-state index in [1.807, 2.05) is 57.3 Å². The van der Waals surface area contributed by atoms with Crippen LogP contribution in [0.5, 0.6) is 5.75 Å². The van der Waals surface area contributed by atoms with Gasteiger partial charge in [-0.25, -0.2) is 4.79 Å². The lowest BCUT2D eigenvalue weighted by atomic mass is 9.43. The zero-order valence-electron chi connectivity index (χ0n) is 29.7. The summed E-state index contributed by atoms with van der Waals surface area (Å²) in [6, 6.07) is 15.5. The third-order valence-corrected chi connectivity index (χ3v) is 11.4. The first-order chi connectivity index (χ1) is 23.2. The first kappa shape index (κ1) is 33.8. The maximum atomic E-state index is 14.1. The molecule has 8 rings (SSSR count). The normalized spacial score (nSPS) is 25.9. The maximum Gasteiger partial charge on any atom is 0.482 e. The van der Waals surface area contributed by atoms with E-state index in [-0.39, 0.29) is 17.4 Å². The Hall–Kier alpha value is -3.73. The molecule has 3 heterocycles. The quantitative estimate of drug-likeness (QED) is 0.214. The summed E-state index contributed by atoms with van der Waals surface area (Å²) in [5.74, 6) is 0.191. The molecule has 1 N–H and O–H groups in total. The van der Waals surface area contributed by atoms with E-state index in [9.17, 15) is 9.59 Å². The molecule has 2 aromatic carbocycles. The zero-order chi connectivity index (χ0) is 34.7. The van der Waals surface area contributed by atoms with Crippen LogP contribution in [0.1, 0.15) is 97.4 Å². The van der Waals surface area contributed by atoms with E-state index in [1.54, 1.807) is 19.4 Å². The van der Waals surface area contributed by atoms with E-state index in [4.69, 9.17) is 18.8 Å². The highest BCUT2D eigenvalue weighted by atomic mass is 16.7. The average molecular weight is 666 g/mol. The second kappa shape index (κ2) is 12.6. The van der Waals surface area contributed by atoms with Crippen LogP contribution >= 0.6 is 0 Å². The van der Waals surface area contributed by atoms with E-state index < -0.39 is 30.2 Å². The summed E-state index contributed by atoms with van der Waals surface area (Å²) in [6.45, 7) is 14.7. The Labute approximate surface area is 290 Å². The Morgan fingerprint density at radius 3 is 2.59 bits per heavy atom. The average Bonchev–Trinajstić information content (AvgIpc) is 3.63. The topological polar surface area (TPSA) is 99.2 Å². The molecule has 3 aromatic rings. The fourth-order valence-electron chi connectivity index (χ4n) is 8.72. The van der Waals surface area contributed by atoms with Gasteiger partial charge in [0, 0.05) is 37.6 Å². The fourth-order valence-corrected chi connectivity index (χ4v) is 8.72. The van der Waals surface area contributed by atoms with Crippen molar-refractivity contribution in [2.24, 2.45) is 17.3 Å². The molecule has 2 bridgehead atoms. The molecule has 4 unspecified atom stereocenters. The van der Waals surface area contributed by atoms with Crippen molar-refractivity contribution < 1.29 is 28.4 Å². The SMILES string of the molecule is COc1c(C[C@H](NC(=O)c2ccc3c(c2)CN(Cc2cccnc2)C3)B2OC3CC4CC(C4(C)C)C3(C)O2)cccc1C(=O)OC(C)(C)C. The number of carbonyl (C=O) groups excluding carboxylic acids is 2. The number of ether oxygens (including phenoxy) is 2. The van der Waals surface area contributed by atoms with Gasteiger partial charge < -0.3 is 24.1 Å². The molecule has 4 fully saturated rings. The number of esters is 1. The molecule has 10 heteroatoms. The number of amides is 1. The molecule has 49 heavy (non-hydrogen) atoms. The number of nitrogens with one attached hydrogen (secondary N) is 1. The number of nitrogens with zero attached hydrogens (tertiary/aromatic N) is 2. The lowest BCUT2D eigenvalue weighted by Crippen LogP contribution is -2.65. The van der Waals surface area contributed by atoms with Gasteiger partial charge in [-0.1, -0.05) is 38.1 Å². The number of fused-ring (bicyclic) bond motifs is 1. The summed E-state index contributed by atoms with van der Waals surface area (Å²) in [6.07, 6.45) is 6.04. The van der Waals surface area contributed by atoms with Crippen LogP contribution in [0.4, 0.5) is 0 Å². The minimum atomic E-state index is -0.673. The van der Waals surface area contributed by atoms with Crippen LogP contribution < -0.4 is 10.1 Å². The lowest BCUT2D eigenvalue weighted by Gasteiger charge is -2.64. The second-order valence-electron chi connectivity index (χ2n) is 16.1. The molecule has 0 radical (unpaired) electrons. The molecule has 0 spiro atoms. The standard InChI is InChI=1S/C39H48BN3O6/c1-37(2,3)47-36(45)30-12-8-11-25(34(30)46-7)17-33(40-48-32-19-29-18-31(38(29,4)5)39(32,6)49-40)42-35(44)26-13-14-27-22-43(23-28(27)16-26)21-24-10-9-15-41-20-24/h8-16,20,29,31-33H,17-19,21-23H2,1-7H3,(H,42,44)/t29?,31?,32?,33-,39?/m0/s1. The van der Waals surface area contributed by atoms with Gasteiger partial charge in [0.2, 0.25) is 0 Å². The molecular weight excluding hydrogens is 617 g/mol. The van der Waals surface area contributed by atoms with Crippen molar-refractivity contribution in [2.45, 2.75) is 104 Å². The first-order valence-corrected chi connectivity index (χ1v) is 17.5. The van der Waals surface area contributed by atoms with Crippen molar-refractivity contribution in [3.05, 3.63) is 94.3 Å². The Bertz CT molecular complexity index is 1740. The number of aromatic nitrogens is 1. The van der Waals surface area contributed by atoms with Gasteiger partial charge in [0.15, 0.2) is 0 Å². The summed E-state index contributed by atoms with van der Waals surface area (Å²) in [5.41, 5.74) is 4.30. The highest BCUT2D eigenvalue weighted by molar-refractivity contribution is 6.48. The van der Waals surface area contributed by atoms with Gasteiger partial charge in [-0.05, 0) is 111 Å². The molecule has 2 aliphatic heterocycles. The molecule has 5 aliphatic rings. The van der Waals surface area contributed by atoms with Gasteiger partial charge in [-0.3, -0.25) is 14.7 Å². The monoisotopic (exact) mass is 665 g/mol. The smallest absolute Gasteiger partial charge is 0.482 e. The molecule has 1 aromatic heterocycles. The fraction of sp³-hybridized carbons (Fsp3) is 0.513. The first-order valence-electron chi connectivity index (χ1n) is 17.5. The Morgan fingerprint density at radius 2 is 1.88 bits per heavy atom. The summed E-state index contributed by atoms with van der Waals surface area (Å²) >= 11 is 0. The van der Waals surface area contributed by atoms with Gasteiger partial charge >= 0.3 is 13.1 Å². The number of methoxy groups -OCH3 is 1. The number of rotatable bonds is 9. The zero-order valence-corrected chi connectivity index (χ0v) is 29.7. The van der Waals surface area contributed by atoms with Gasteiger partial charge in [0.05, 0.1) is 24.8 Å². The van der Waals surface area contributed by atoms with Crippen LogP contribution in [0.2, 0.25) is 0 Å². The molecule has 3 aliphatic carbocycles. The van der Waals surface area contributed by atoms with Crippen LogP contribution in [-0.2, 0) is 40.1 Å². The summed E-state index contributed by atoms with van der Waals surface area (Å²) in [7, 11) is 0.879. The number of benzene rings is 2. The third kappa shape index (κ3) is 6.39. The molecule has 1 saturated heterocycles. The van der Waals surface area contributed by atoms with Gasteiger partial charge in [0.1, 0.15) is 16.9 Å². The van der Waals surface area contributed by atoms with Crippen molar-refractivity contribution >= 4 is 19.0 Å². The Balaban J connectivity index is 1.14. The largest absolute Gasteiger partial charge is 0.496 e. The van der Waals surface area contributed by atoms with Crippen molar-refractivity contribution in [3.8, 4) is 5.75 Å². The van der Waals surface area contributed by atoms with Crippen LogP contribution in [0.25, 0.3) is 0 Å². The third-order valence-electron chi connectivity index (χ3n) is 11.4. The molecular formula is C39H48BN3O6. The second-order valence-corrected chi connectivity index (χ2v) is 16.1. The number of para-hydroxylation sites is 1. The summed E-state index contributed by atoms with van der Waals surface area (Å²) < 4.78 is 25.1. The van der Waals surface area contributed by atoms with Gasteiger partial charge in [-0.2, -0.15) is 0 Å². The molecule has 9 nitrogen and oxygen atoms in total. The van der Waals surface area contributed by atoms with E-state index >= 15 is 0 Å². The summed E-state index contributed by atoms with van der Waals surface area (Å²) in [5, 5.41) is 3.30. The maximum absolute atomic E-state index is 14.1. The Kier molecular flexibility index (Phi) is 8.65. The van der Waals surface area contributed by atoms with E-state index in [0.29, 0.717) is 35.1 Å². The number of hydrogen-bond acceptors (Lipinski definition) is 8. The van der Waals surface area contributed by atoms with Crippen molar-refractivity contribution in [3.63, 3.8) is 0 Å². The lowest BCUT2D eigenvalue weighted by molar-refractivity contribution is -0.199. The van der Waals surface area contributed by atoms with Crippen molar-refractivity contribution in [2.75, 3.05) is 7.11 Å². The van der Waals surface area contributed by atoms with E-state index in [0.717, 1.165) is 49.2 Å². The van der Waals surface area contributed by atoms with Crippen molar-refractivity contribution in [1.29, 1.82) is 0 Å². The van der Waals surface area contributed by atoms with Crippen molar-refractivity contribution in [1.82, 2.24) is 15.2 Å². The number of carbonyl (C=O) groups is 2. The predicted octanol–water partition coefficient (Wildman–Crippen LogP) is 6.17. The molecule has 1 amide bonds. The van der Waals surface area contributed by atoms with Gasteiger partial charge in [0.25, 0.3) is 5.91 Å². The molecule has 258 valence electrons. The highest BCUT2D eigenvalue weighted by Crippen LogP contribution is 2.65. The van der Waals surface area contributed by atoms with Crippen LogP contribution in [-0.4, -0.2) is 59.2 Å². The minimum absolute atomic E-state index is 0.0468. The van der Waals surface area contributed by atoms with E-state index in [2.05, 4.69) is 48.1 Å². The number of pyridine rings is 1. The van der Waals surface area contributed by atoms with Crippen LogP contribution in [0, 0.1) is 17.3 Å². The summed E-state index contributed by atoms with van der Waals surface area (Å²) in [4.78, 5) is 33.9. The molecule has 3 saturated carbocycles. The predicted molar refractivity (Wildman–Crippen MR) is 187 cm³/mol. The minimum Gasteiger partial charge on any atom is -0.496 e. The van der Waals surface area contributed by atoms with Crippen LogP contribution in [0.3, 0.4) is 0 Å². The van der Waals surface area contributed by atoms with E-state index in [1.165, 1.54) is 5.56 Å². The highest BCUT2D eigenvalue weighted by Gasteiger charge is 2.68. The molecule has 5 atom stereocenters. The Morgan fingerprint density at radius 1 is 1.08 bits per heavy atom. The van der Waals surface area contributed by atoms with Gasteiger partial charge in [-0.15, -0.1) is 0 Å². The van der Waals surface area contributed by atoms with Crippen LogP contribution in [0.15, 0.2) is 60.9 Å².